The molecule has 5 rings (SSSR count). The van der Waals surface area contributed by atoms with E-state index in [9.17, 15) is 19.5 Å². The number of carbonyl (C=O) groups is 1. The number of carboxylic acids is 1. The van der Waals surface area contributed by atoms with E-state index >= 15 is 8.78 Å². The van der Waals surface area contributed by atoms with E-state index in [2.05, 4.69) is 0 Å². The lowest BCUT2D eigenvalue weighted by molar-refractivity contribution is 0.0694. The quantitative estimate of drug-likeness (QED) is 0.600. The highest BCUT2D eigenvalue weighted by molar-refractivity contribution is 5.95. The van der Waals surface area contributed by atoms with Crippen molar-refractivity contribution in [3.63, 3.8) is 0 Å². The van der Waals surface area contributed by atoms with Crippen LogP contribution in [0.2, 0.25) is 0 Å². The molecule has 0 atom stereocenters. The minimum Gasteiger partial charge on any atom is -0.477 e. The van der Waals surface area contributed by atoms with E-state index in [0.717, 1.165) is 12.8 Å². The van der Waals surface area contributed by atoms with Crippen LogP contribution >= 0.6 is 0 Å². The van der Waals surface area contributed by atoms with E-state index in [1.54, 1.807) is 11.8 Å². The summed E-state index contributed by atoms with van der Waals surface area (Å²) in [5.41, 5.74) is -1.71. The molecular weight excluding hydrogens is 452 g/mol. The number of carboxylic acid groups (broad SMARTS) is 1. The topological polar surface area (TPSA) is 109 Å². The Morgan fingerprint density at radius 2 is 1.76 bits per heavy atom. The van der Waals surface area contributed by atoms with Gasteiger partial charge in [0.05, 0.1) is 17.4 Å². The number of aryl methyl sites for hydroxylation is 2. The molecule has 3 heterocycles. The van der Waals surface area contributed by atoms with Crippen LogP contribution in [0, 0.1) is 25.5 Å². The molecule has 11 heteroatoms. The fourth-order valence-electron chi connectivity index (χ4n) is 4.62. The number of piperazine rings is 1. The summed E-state index contributed by atoms with van der Waals surface area (Å²) in [6.07, 6.45) is 2.63. The lowest BCUT2D eigenvalue weighted by Crippen LogP contribution is -2.46. The first-order valence-electron chi connectivity index (χ1n) is 11.0. The van der Waals surface area contributed by atoms with Crippen molar-refractivity contribution in [1.82, 2.24) is 9.47 Å². The summed E-state index contributed by atoms with van der Waals surface area (Å²) < 4.78 is 42.8. The van der Waals surface area contributed by atoms with Crippen molar-refractivity contribution in [2.75, 3.05) is 31.1 Å². The molecule has 1 aliphatic carbocycles. The van der Waals surface area contributed by atoms with Gasteiger partial charge in [-0.2, -0.15) is 0 Å². The molecule has 2 aliphatic rings. The third-order valence-corrected chi connectivity index (χ3v) is 6.62. The molecule has 9 nitrogen and oxygen atoms in total. The van der Waals surface area contributed by atoms with Crippen LogP contribution in [0.25, 0.3) is 10.9 Å². The minimum atomic E-state index is -1.43. The van der Waals surface area contributed by atoms with Gasteiger partial charge in [0, 0.05) is 44.0 Å². The molecule has 0 amide bonds. The Morgan fingerprint density at radius 1 is 1.09 bits per heavy atom. The Kier molecular flexibility index (Phi) is 5.31. The van der Waals surface area contributed by atoms with Gasteiger partial charge < -0.3 is 23.4 Å². The molecule has 1 N–H and O–H groups in total. The van der Waals surface area contributed by atoms with Gasteiger partial charge in [0.2, 0.25) is 5.43 Å². The monoisotopic (exact) mass is 475 g/mol. The number of aromatic carboxylic acids is 1. The first-order valence-corrected chi connectivity index (χ1v) is 11.0. The van der Waals surface area contributed by atoms with Crippen molar-refractivity contribution in [2.45, 2.75) is 39.3 Å². The van der Waals surface area contributed by atoms with Crippen molar-refractivity contribution in [3.05, 3.63) is 61.3 Å². The fourth-order valence-corrected chi connectivity index (χ4v) is 4.62. The lowest BCUT2D eigenvalue weighted by Gasteiger charge is -2.36. The van der Waals surface area contributed by atoms with Crippen molar-refractivity contribution in [2.24, 2.45) is 0 Å². The highest BCUT2D eigenvalue weighted by atomic mass is 19.1. The smallest absolute Gasteiger partial charge is 0.477 e. The van der Waals surface area contributed by atoms with Crippen LogP contribution in [0.3, 0.4) is 0 Å². The van der Waals surface area contributed by atoms with Crippen LogP contribution in [0.4, 0.5) is 14.5 Å². The van der Waals surface area contributed by atoms with Gasteiger partial charge in [-0.15, -0.1) is 0 Å². The molecule has 1 saturated heterocycles. The van der Waals surface area contributed by atoms with E-state index in [4.69, 9.17) is 8.83 Å². The van der Waals surface area contributed by atoms with Crippen LogP contribution in [-0.4, -0.2) is 46.7 Å². The maximum Gasteiger partial charge on any atom is 0.519 e. The Balaban J connectivity index is 1.52. The molecule has 2 fully saturated rings. The molecule has 1 saturated carbocycles. The number of pyridine rings is 1. The van der Waals surface area contributed by atoms with Gasteiger partial charge in [-0.1, -0.05) is 0 Å². The maximum absolute atomic E-state index is 15.9. The summed E-state index contributed by atoms with van der Waals surface area (Å²) in [5.74, 6) is -3.10. The third-order valence-electron chi connectivity index (χ3n) is 6.62. The molecule has 0 unspecified atom stereocenters. The van der Waals surface area contributed by atoms with Gasteiger partial charge >= 0.3 is 11.8 Å². The largest absolute Gasteiger partial charge is 0.519 e. The predicted octanol–water partition coefficient (Wildman–Crippen LogP) is 2.80. The van der Waals surface area contributed by atoms with Crippen LogP contribution in [0.5, 0.6) is 0 Å². The van der Waals surface area contributed by atoms with E-state index in [0.29, 0.717) is 44.2 Å². The molecule has 2 aromatic heterocycles. The zero-order valence-electron chi connectivity index (χ0n) is 18.7. The number of hydrogen-bond acceptors (Lipinski definition) is 7. The second-order valence-electron chi connectivity index (χ2n) is 8.84. The summed E-state index contributed by atoms with van der Waals surface area (Å²) in [4.78, 5) is 39.3. The zero-order valence-corrected chi connectivity index (χ0v) is 18.7. The number of anilines is 1. The SMILES string of the molecule is Cc1oc(=O)oc1CN1CCN(c2c(F)c(C)c3c(=O)c(C(=O)O)cn(C4CC4)c3c2F)CC1. The number of halogens is 2. The Labute approximate surface area is 191 Å². The molecule has 0 bridgehead atoms. The summed E-state index contributed by atoms with van der Waals surface area (Å²) in [6.45, 7) is 4.88. The van der Waals surface area contributed by atoms with E-state index in [-0.39, 0.29) is 28.2 Å². The molecule has 0 spiro atoms. The van der Waals surface area contributed by atoms with Crippen LogP contribution in [-0.2, 0) is 6.54 Å². The number of benzene rings is 1. The number of rotatable bonds is 5. The standard InChI is InChI=1S/C23H23F2N3O6/c1-11-16-19(28(13-3-4-13)9-14(21(16)29)22(30)31)18(25)20(17(11)24)27-7-5-26(6-8-27)10-15-12(2)33-23(32)34-15/h9,13H,3-8,10H2,1-2H3,(H,30,31). The predicted molar refractivity (Wildman–Crippen MR) is 118 cm³/mol. The Bertz CT molecular complexity index is 1430. The molecule has 1 aliphatic heterocycles. The second kappa shape index (κ2) is 8.08. The maximum atomic E-state index is 15.9. The molecule has 180 valence electrons. The number of hydrogen-bond donors (Lipinski definition) is 1. The van der Waals surface area contributed by atoms with Crippen molar-refractivity contribution >= 4 is 22.6 Å². The molecule has 3 aromatic rings. The second-order valence-corrected chi connectivity index (χ2v) is 8.84. The highest BCUT2D eigenvalue weighted by Crippen LogP contribution is 2.41. The van der Waals surface area contributed by atoms with Gasteiger partial charge in [-0.3, -0.25) is 9.69 Å². The van der Waals surface area contributed by atoms with E-state index in [1.165, 1.54) is 17.7 Å². The lowest BCUT2D eigenvalue weighted by atomic mass is 10.0. The van der Waals surface area contributed by atoms with Gasteiger partial charge in [-0.25, -0.2) is 18.4 Å². The average molecular weight is 475 g/mol. The minimum absolute atomic E-state index is 0.0513. The van der Waals surface area contributed by atoms with Crippen LogP contribution < -0.4 is 16.2 Å². The number of nitrogens with zero attached hydrogens (tertiary/aromatic N) is 3. The summed E-state index contributed by atoms with van der Waals surface area (Å²) in [7, 11) is 0. The first-order chi connectivity index (χ1) is 16.2. The van der Waals surface area contributed by atoms with Gasteiger partial charge in [-0.05, 0) is 26.7 Å². The fraction of sp³-hybridized carbons (Fsp3) is 0.435. The Hall–Kier alpha value is -3.47. The first kappa shape index (κ1) is 22.3. The molecule has 34 heavy (non-hydrogen) atoms. The van der Waals surface area contributed by atoms with Crippen LogP contribution in [0.1, 0.15) is 46.3 Å². The molecule has 1 aromatic carbocycles. The van der Waals surface area contributed by atoms with Crippen LogP contribution in [0.15, 0.2) is 24.6 Å². The highest BCUT2D eigenvalue weighted by Gasteiger charge is 2.33. The van der Waals surface area contributed by atoms with E-state index in [1.807, 2.05) is 4.90 Å². The van der Waals surface area contributed by atoms with Gasteiger partial charge in [0.25, 0.3) is 0 Å². The van der Waals surface area contributed by atoms with Crippen molar-refractivity contribution in [3.8, 4) is 0 Å². The van der Waals surface area contributed by atoms with Crippen molar-refractivity contribution < 1.29 is 27.5 Å². The molecule has 0 radical (unpaired) electrons. The number of fused-ring (bicyclic) bond motifs is 1. The zero-order chi connectivity index (χ0) is 24.3. The summed E-state index contributed by atoms with van der Waals surface area (Å²) in [5, 5.41) is 9.22. The average Bonchev–Trinajstić information content (AvgIpc) is 3.58. The third kappa shape index (κ3) is 3.60. The Morgan fingerprint density at radius 3 is 2.32 bits per heavy atom. The van der Waals surface area contributed by atoms with Crippen molar-refractivity contribution in [1.29, 1.82) is 0 Å². The van der Waals surface area contributed by atoms with E-state index < -0.39 is 34.4 Å². The summed E-state index contributed by atoms with van der Waals surface area (Å²) >= 11 is 0. The van der Waals surface area contributed by atoms with Gasteiger partial charge in [0.1, 0.15) is 17.0 Å². The number of aromatic nitrogens is 1. The molecular formula is C23H23F2N3O6. The normalized spacial score (nSPS) is 17.0. The summed E-state index contributed by atoms with van der Waals surface area (Å²) in [6, 6.07) is -0.127. The van der Waals surface area contributed by atoms with Gasteiger partial charge in [0.15, 0.2) is 17.4 Å².